The van der Waals surface area contributed by atoms with Crippen molar-refractivity contribution in [2.45, 2.75) is 19.4 Å². The van der Waals surface area contributed by atoms with Crippen LogP contribution in [-0.2, 0) is 17.7 Å². The van der Waals surface area contributed by atoms with Crippen LogP contribution in [0, 0.1) is 23.7 Å². The molecule has 5 heteroatoms. The number of aromatic nitrogens is 3. The van der Waals surface area contributed by atoms with Gasteiger partial charge in [-0.1, -0.05) is 12.0 Å². The van der Waals surface area contributed by atoms with Gasteiger partial charge in [-0.15, -0.1) is 0 Å². The molecule has 0 amide bonds. The lowest BCUT2D eigenvalue weighted by Crippen LogP contribution is -2.28. The Hall–Kier alpha value is -2.97. The van der Waals surface area contributed by atoms with Crippen LogP contribution < -0.4 is 5.56 Å². The summed E-state index contributed by atoms with van der Waals surface area (Å²) in [6.07, 6.45) is 3.57. The van der Waals surface area contributed by atoms with E-state index in [1.807, 2.05) is 41.0 Å². The van der Waals surface area contributed by atoms with Crippen molar-refractivity contribution in [3.05, 3.63) is 70.0 Å². The summed E-state index contributed by atoms with van der Waals surface area (Å²) in [6, 6.07) is 11.3. The van der Waals surface area contributed by atoms with Crippen LogP contribution in [0.5, 0.6) is 0 Å². The van der Waals surface area contributed by atoms with E-state index in [9.17, 15) is 4.79 Å². The maximum Gasteiger partial charge on any atom is 0.261 e. The van der Waals surface area contributed by atoms with Gasteiger partial charge in [0.2, 0.25) is 0 Å². The maximum absolute atomic E-state index is 13.0. The van der Waals surface area contributed by atoms with Crippen LogP contribution in [-0.4, -0.2) is 27.7 Å². The minimum Gasteiger partial charge on any atom is -0.381 e. The Morgan fingerprint density at radius 1 is 1.11 bits per heavy atom. The second kappa shape index (κ2) is 6.64. The molecule has 1 saturated heterocycles. The summed E-state index contributed by atoms with van der Waals surface area (Å²) in [4.78, 5) is 22.1. The summed E-state index contributed by atoms with van der Waals surface area (Å²) in [5.74, 6) is 8.02. The number of rotatable bonds is 0. The first-order chi connectivity index (χ1) is 13.3. The van der Waals surface area contributed by atoms with Gasteiger partial charge in [0, 0.05) is 37.3 Å². The molecule has 0 spiro atoms. The van der Waals surface area contributed by atoms with Crippen LogP contribution in [0.15, 0.2) is 47.4 Å². The van der Waals surface area contributed by atoms with Crippen LogP contribution in [0.2, 0.25) is 0 Å². The molecule has 0 N–H and O–H groups in total. The number of fused-ring (bicyclic) bond motifs is 3. The number of aryl methyl sites for hydroxylation is 1. The van der Waals surface area contributed by atoms with Gasteiger partial charge in [0.1, 0.15) is 11.5 Å². The third kappa shape index (κ3) is 3.02. The molecule has 1 aromatic carbocycles. The quantitative estimate of drug-likeness (QED) is 0.580. The van der Waals surface area contributed by atoms with Crippen molar-refractivity contribution in [1.82, 2.24) is 14.5 Å². The van der Waals surface area contributed by atoms with E-state index >= 15 is 0 Å². The second-order valence-electron chi connectivity index (χ2n) is 7.24. The number of pyridine rings is 1. The first-order valence-electron chi connectivity index (χ1n) is 9.32. The molecule has 0 bridgehead atoms. The molecular weight excluding hydrogens is 338 g/mol. The van der Waals surface area contributed by atoms with Gasteiger partial charge in [0.05, 0.1) is 17.5 Å². The highest BCUT2D eigenvalue weighted by molar-refractivity contribution is 5.79. The zero-order valence-corrected chi connectivity index (χ0v) is 14.9. The van der Waals surface area contributed by atoms with E-state index in [-0.39, 0.29) is 5.56 Å². The molecule has 134 valence electrons. The van der Waals surface area contributed by atoms with E-state index in [0.29, 0.717) is 23.8 Å². The van der Waals surface area contributed by atoms with E-state index in [1.54, 1.807) is 6.20 Å². The highest BCUT2D eigenvalue weighted by Gasteiger charge is 2.32. The molecule has 5 nitrogen and oxygen atoms in total. The fourth-order valence-electron chi connectivity index (χ4n) is 4.01. The smallest absolute Gasteiger partial charge is 0.261 e. The molecule has 2 aliphatic heterocycles. The van der Waals surface area contributed by atoms with E-state index in [1.165, 1.54) is 0 Å². The molecule has 4 heterocycles. The zero-order chi connectivity index (χ0) is 18.2. The van der Waals surface area contributed by atoms with Crippen LogP contribution in [0.4, 0.5) is 0 Å². The molecule has 2 atom stereocenters. The lowest BCUT2D eigenvalue weighted by Gasteiger charge is -2.14. The molecule has 0 unspecified atom stereocenters. The molecule has 0 saturated carbocycles. The molecule has 0 aliphatic carbocycles. The summed E-state index contributed by atoms with van der Waals surface area (Å²) in [6.45, 7) is 2.26. The van der Waals surface area contributed by atoms with Gasteiger partial charge in [-0.05, 0) is 48.6 Å². The fourth-order valence-corrected chi connectivity index (χ4v) is 4.01. The third-order valence-corrected chi connectivity index (χ3v) is 5.52. The summed E-state index contributed by atoms with van der Waals surface area (Å²) >= 11 is 0. The van der Waals surface area contributed by atoms with Gasteiger partial charge >= 0.3 is 0 Å². The average Bonchev–Trinajstić information content (AvgIpc) is 3.07. The predicted molar refractivity (Wildman–Crippen MR) is 102 cm³/mol. The zero-order valence-electron chi connectivity index (χ0n) is 14.9. The van der Waals surface area contributed by atoms with Gasteiger partial charge in [0.25, 0.3) is 5.56 Å². The maximum atomic E-state index is 13.0. The van der Waals surface area contributed by atoms with Crippen LogP contribution in [0.3, 0.4) is 0 Å². The van der Waals surface area contributed by atoms with Crippen molar-refractivity contribution in [3.8, 4) is 11.8 Å². The monoisotopic (exact) mass is 357 g/mol. The molecule has 2 aliphatic rings. The topological polar surface area (TPSA) is 57.0 Å². The van der Waals surface area contributed by atoms with Gasteiger partial charge in [0.15, 0.2) is 0 Å². The normalized spacial score (nSPS) is 21.0. The Morgan fingerprint density at radius 2 is 2.04 bits per heavy atom. The average molecular weight is 357 g/mol. The lowest BCUT2D eigenvalue weighted by atomic mass is 9.93. The van der Waals surface area contributed by atoms with E-state index in [0.717, 1.165) is 48.7 Å². The summed E-state index contributed by atoms with van der Waals surface area (Å²) in [5.41, 5.74) is 2.33. The predicted octanol–water partition coefficient (Wildman–Crippen LogP) is 2.40. The first-order valence-corrected chi connectivity index (χ1v) is 9.32. The highest BCUT2D eigenvalue weighted by atomic mass is 16.5. The molecule has 0 radical (unpaired) electrons. The molecule has 3 aromatic rings. The minimum atomic E-state index is 0.0479. The second-order valence-corrected chi connectivity index (χ2v) is 7.24. The van der Waals surface area contributed by atoms with Gasteiger partial charge in [-0.25, -0.2) is 9.97 Å². The van der Waals surface area contributed by atoms with Crippen molar-refractivity contribution < 1.29 is 4.74 Å². The SMILES string of the molecule is O=c1c2ccc(C#Cc3ccccn3)cc2nc2n1C[C@@H]1COC[C@@H]1CC2. The molecular formula is C22H19N3O2. The van der Waals surface area contributed by atoms with Crippen molar-refractivity contribution in [1.29, 1.82) is 0 Å². The van der Waals surface area contributed by atoms with Gasteiger partial charge in [-0.2, -0.15) is 0 Å². The van der Waals surface area contributed by atoms with E-state index < -0.39 is 0 Å². The standard InChI is InChI=1S/C22H19N3O2/c26-22-19-8-5-15(4-7-18-3-1-2-10-23-18)11-20(19)24-21-9-6-16-13-27-14-17(16)12-25(21)22/h1-3,5,8,10-11,16-17H,6,9,12-14H2/t16-,17+/m0/s1. The van der Waals surface area contributed by atoms with Crippen molar-refractivity contribution >= 4 is 10.9 Å². The Bertz CT molecular complexity index is 1130. The van der Waals surface area contributed by atoms with Crippen LogP contribution in [0.25, 0.3) is 10.9 Å². The van der Waals surface area contributed by atoms with E-state index in [2.05, 4.69) is 16.8 Å². The molecule has 2 aromatic heterocycles. The summed E-state index contributed by atoms with van der Waals surface area (Å²) in [7, 11) is 0. The Labute approximate surface area is 157 Å². The van der Waals surface area contributed by atoms with Crippen molar-refractivity contribution in [2.75, 3.05) is 13.2 Å². The summed E-state index contributed by atoms with van der Waals surface area (Å²) in [5, 5.41) is 0.652. The number of benzene rings is 1. The fraction of sp³-hybridized carbons (Fsp3) is 0.318. The van der Waals surface area contributed by atoms with E-state index in [4.69, 9.17) is 9.72 Å². The molecule has 27 heavy (non-hydrogen) atoms. The first kappa shape index (κ1) is 16.2. The Balaban J connectivity index is 1.55. The lowest BCUT2D eigenvalue weighted by molar-refractivity contribution is 0.176. The van der Waals surface area contributed by atoms with Crippen LogP contribution >= 0.6 is 0 Å². The highest BCUT2D eigenvalue weighted by Crippen LogP contribution is 2.29. The summed E-state index contributed by atoms with van der Waals surface area (Å²) < 4.78 is 7.47. The number of nitrogens with zero attached hydrogens (tertiary/aromatic N) is 3. The van der Waals surface area contributed by atoms with Gasteiger partial charge < -0.3 is 4.74 Å². The minimum absolute atomic E-state index is 0.0479. The van der Waals surface area contributed by atoms with Crippen LogP contribution in [0.1, 0.15) is 23.5 Å². The molecule has 5 rings (SSSR count). The largest absolute Gasteiger partial charge is 0.381 e. The van der Waals surface area contributed by atoms with Crippen molar-refractivity contribution in [2.24, 2.45) is 11.8 Å². The number of hydrogen-bond donors (Lipinski definition) is 0. The third-order valence-electron chi connectivity index (χ3n) is 5.52. The molecule has 1 fully saturated rings. The Kier molecular flexibility index (Phi) is 3.99. The number of ether oxygens (including phenoxy) is 1. The Morgan fingerprint density at radius 3 is 2.93 bits per heavy atom. The van der Waals surface area contributed by atoms with Crippen molar-refractivity contribution in [3.63, 3.8) is 0 Å². The van der Waals surface area contributed by atoms with Gasteiger partial charge in [-0.3, -0.25) is 9.36 Å². The number of hydrogen-bond acceptors (Lipinski definition) is 4.